The second-order valence-corrected chi connectivity index (χ2v) is 5.98. The van der Waals surface area contributed by atoms with E-state index >= 15 is 0 Å². The minimum Gasteiger partial charge on any atom is -0.303 e. The van der Waals surface area contributed by atoms with Gasteiger partial charge in [-0.15, -0.1) is 0 Å². The van der Waals surface area contributed by atoms with Crippen molar-refractivity contribution < 1.29 is 4.79 Å². The molecule has 0 aromatic carbocycles. The normalized spacial score (nSPS) is 26.2. The van der Waals surface area contributed by atoms with Crippen molar-refractivity contribution in [3.05, 3.63) is 0 Å². The summed E-state index contributed by atoms with van der Waals surface area (Å²) < 4.78 is 0. The Bertz CT molecular complexity index is 280. The zero-order valence-corrected chi connectivity index (χ0v) is 11.5. The average Bonchev–Trinajstić information content (AvgIpc) is 2.59. The lowest BCUT2D eigenvalue weighted by molar-refractivity contribution is -0.127. The highest BCUT2D eigenvalue weighted by Crippen LogP contribution is 2.35. The number of Topliss-reactive ketones (excluding diaryl/α,β-unsaturated/α-hetero) is 1. The summed E-state index contributed by atoms with van der Waals surface area (Å²) in [6.07, 6.45) is 2.87. The van der Waals surface area contributed by atoms with Crippen LogP contribution >= 0.6 is 0 Å². The van der Waals surface area contributed by atoms with Crippen molar-refractivity contribution in [1.82, 2.24) is 9.80 Å². The van der Waals surface area contributed by atoms with E-state index in [4.69, 9.17) is 0 Å². The smallest absolute Gasteiger partial charge is 0.154 e. The van der Waals surface area contributed by atoms with E-state index in [2.05, 4.69) is 30.6 Å². The Kier molecular flexibility index (Phi) is 3.88. The molecule has 0 saturated carbocycles. The molecule has 0 radical (unpaired) electrons. The highest BCUT2D eigenvalue weighted by atomic mass is 16.1. The van der Waals surface area contributed by atoms with Gasteiger partial charge in [-0.1, -0.05) is 20.8 Å². The van der Waals surface area contributed by atoms with Crippen LogP contribution in [0.15, 0.2) is 0 Å². The van der Waals surface area contributed by atoms with E-state index in [0.717, 1.165) is 51.4 Å². The van der Waals surface area contributed by atoms with Crippen LogP contribution in [0.3, 0.4) is 0 Å². The van der Waals surface area contributed by atoms with E-state index in [1.165, 1.54) is 6.54 Å². The molecular formula is C14H26N2O. The van der Waals surface area contributed by atoms with Crippen LogP contribution in [0.1, 0.15) is 40.0 Å². The minimum atomic E-state index is -0.0811. The quantitative estimate of drug-likeness (QED) is 0.748. The van der Waals surface area contributed by atoms with Crippen LogP contribution in [0.2, 0.25) is 0 Å². The summed E-state index contributed by atoms with van der Waals surface area (Å²) in [5, 5.41) is 0. The van der Waals surface area contributed by atoms with E-state index < -0.39 is 0 Å². The molecule has 2 rings (SSSR count). The number of carbonyl (C=O) groups is 1. The average molecular weight is 238 g/mol. The van der Waals surface area contributed by atoms with Gasteiger partial charge in [0.15, 0.2) is 5.78 Å². The van der Waals surface area contributed by atoms with Crippen LogP contribution in [0.4, 0.5) is 0 Å². The number of carbonyl (C=O) groups excluding carboxylic acids is 1. The fraction of sp³-hybridized carbons (Fsp3) is 0.929. The molecule has 2 aliphatic heterocycles. The van der Waals surface area contributed by atoms with E-state index in [1.54, 1.807) is 0 Å². The molecule has 3 nitrogen and oxygen atoms in total. The third kappa shape index (κ3) is 2.41. The molecule has 1 spiro atoms. The maximum absolute atomic E-state index is 12.2. The first-order chi connectivity index (χ1) is 8.08. The summed E-state index contributed by atoms with van der Waals surface area (Å²) in [6, 6.07) is 0. The van der Waals surface area contributed by atoms with Crippen molar-refractivity contribution in [1.29, 1.82) is 0 Å². The van der Waals surface area contributed by atoms with Gasteiger partial charge in [0.05, 0.1) is 5.54 Å². The zero-order valence-electron chi connectivity index (χ0n) is 11.5. The van der Waals surface area contributed by atoms with Crippen LogP contribution in [0, 0.1) is 5.92 Å². The van der Waals surface area contributed by atoms with Crippen molar-refractivity contribution in [2.24, 2.45) is 5.92 Å². The Morgan fingerprint density at radius 3 is 2.41 bits per heavy atom. The van der Waals surface area contributed by atoms with E-state index in [-0.39, 0.29) is 5.54 Å². The van der Waals surface area contributed by atoms with Gasteiger partial charge in [0.2, 0.25) is 0 Å². The predicted molar refractivity (Wildman–Crippen MR) is 70.1 cm³/mol. The summed E-state index contributed by atoms with van der Waals surface area (Å²) in [6.45, 7) is 12.1. The number of nitrogens with zero attached hydrogens (tertiary/aromatic N) is 2. The number of likely N-dealkylation sites (N-methyl/N-ethyl adjacent to an activating group) is 1. The van der Waals surface area contributed by atoms with Gasteiger partial charge in [-0.05, 0) is 25.3 Å². The summed E-state index contributed by atoms with van der Waals surface area (Å²) in [4.78, 5) is 17.1. The molecular weight excluding hydrogens is 212 g/mol. The number of ketones is 1. The van der Waals surface area contributed by atoms with Crippen molar-refractivity contribution in [2.45, 2.75) is 45.6 Å². The number of rotatable bonds is 3. The molecule has 0 aliphatic carbocycles. The summed E-state index contributed by atoms with van der Waals surface area (Å²) in [5.41, 5.74) is -0.0811. The van der Waals surface area contributed by atoms with Gasteiger partial charge in [0.1, 0.15) is 0 Å². The predicted octanol–water partition coefficient (Wildman–Crippen LogP) is 1.77. The lowest BCUT2D eigenvalue weighted by Gasteiger charge is -2.43. The topological polar surface area (TPSA) is 23.6 Å². The molecule has 0 atom stereocenters. The third-order valence-corrected chi connectivity index (χ3v) is 4.42. The van der Waals surface area contributed by atoms with Gasteiger partial charge in [-0.2, -0.15) is 0 Å². The first-order valence-electron chi connectivity index (χ1n) is 7.09. The zero-order chi connectivity index (χ0) is 12.5. The van der Waals surface area contributed by atoms with Gasteiger partial charge in [0.25, 0.3) is 0 Å². The Balaban J connectivity index is 1.98. The number of piperidine rings is 1. The summed E-state index contributed by atoms with van der Waals surface area (Å²) in [5.74, 6) is 1.23. The van der Waals surface area contributed by atoms with Gasteiger partial charge < -0.3 is 4.90 Å². The van der Waals surface area contributed by atoms with Crippen LogP contribution in [-0.2, 0) is 4.79 Å². The second kappa shape index (κ2) is 5.07. The van der Waals surface area contributed by atoms with Gasteiger partial charge >= 0.3 is 0 Å². The molecule has 0 aromatic heterocycles. The monoisotopic (exact) mass is 238 g/mol. The van der Waals surface area contributed by atoms with Gasteiger partial charge in [-0.3, -0.25) is 9.69 Å². The summed E-state index contributed by atoms with van der Waals surface area (Å²) in [7, 11) is 0. The van der Waals surface area contributed by atoms with Crippen LogP contribution in [0.25, 0.3) is 0 Å². The van der Waals surface area contributed by atoms with Gasteiger partial charge in [0, 0.05) is 32.6 Å². The SMILES string of the molecule is CCN1CCC(=O)C12CCN(CC(C)C)CC2. The number of likely N-dealkylation sites (tertiary alicyclic amines) is 2. The van der Waals surface area contributed by atoms with Crippen molar-refractivity contribution in [3.63, 3.8) is 0 Å². The van der Waals surface area contributed by atoms with E-state index in [1.807, 2.05) is 0 Å². The summed E-state index contributed by atoms with van der Waals surface area (Å²) >= 11 is 0. The Morgan fingerprint density at radius 2 is 1.88 bits per heavy atom. The molecule has 2 fully saturated rings. The highest BCUT2D eigenvalue weighted by Gasteiger charge is 2.48. The van der Waals surface area contributed by atoms with E-state index in [0.29, 0.717) is 5.78 Å². The highest BCUT2D eigenvalue weighted by molar-refractivity contribution is 5.90. The lowest BCUT2D eigenvalue weighted by Crippen LogP contribution is -2.55. The fourth-order valence-electron chi connectivity index (χ4n) is 3.54. The molecule has 0 unspecified atom stereocenters. The Labute approximate surface area is 105 Å². The standard InChI is InChI=1S/C14H26N2O/c1-4-16-8-5-13(17)14(16)6-9-15(10-7-14)11-12(2)3/h12H,4-11H2,1-3H3. The van der Waals surface area contributed by atoms with Crippen LogP contribution < -0.4 is 0 Å². The largest absolute Gasteiger partial charge is 0.303 e. The minimum absolute atomic E-state index is 0.0811. The Hall–Kier alpha value is -0.410. The van der Waals surface area contributed by atoms with E-state index in [9.17, 15) is 4.79 Å². The molecule has 0 N–H and O–H groups in total. The number of hydrogen-bond donors (Lipinski definition) is 0. The molecule has 3 heteroatoms. The van der Waals surface area contributed by atoms with Crippen molar-refractivity contribution in [2.75, 3.05) is 32.7 Å². The van der Waals surface area contributed by atoms with Gasteiger partial charge in [-0.25, -0.2) is 0 Å². The van der Waals surface area contributed by atoms with Crippen molar-refractivity contribution in [3.8, 4) is 0 Å². The van der Waals surface area contributed by atoms with Crippen LogP contribution in [-0.4, -0.2) is 53.8 Å². The van der Waals surface area contributed by atoms with Crippen LogP contribution in [0.5, 0.6) is 0 Å². The maximum Gasteiger partial charge on any atom is 0.154 e. The first kappa shape index (κ1) is 13.0. The molecule has 0 amide bonds. The number of hydrogen-bond acceptors (Lipinski definition) is 3. The fourth-order valence-corrected chi connectivity index (χ4v) is 3.54. The molecule has 2 aliphatic rings. The lowest BCUT2D eigenvalue weighted by atomic mass is 9.83. The molecule has 0 aromatic rings. The molecule has 2 saturated heterocycles. The first-order valence-corrected chi connectivity index (χ1v) is 7.09. The maximum atomic E-state index is 12.2. The third-order valence-electron chi connectivity index (χ3n) is 4.42. The molecule has 0 bridgehead atoms. The molecule has 98 valence electrons. The molecule has 2 heterocycles. The molecule has 17 heavy (non-hydrogen) atoms. The second-order valence-electron chi connectivity index (χ2n) is 5.98. The Morgan fingerprint density at radius 1 is 1.24 bits per heavy atom. The van der Waals surface area contributed by atoms with Crippen molar-refractivity contribution >= 4 is 5.78 Å².